The molecule has 1 heterocycles. The van der Waals surface area contributed by atoms with Crippen molar-refractivity contribution in [1.82, 2.24) is 14.7 Å². The van der Waals surface area contributed by atoms with Gasteiger partial charge in [0, 0.05) is 37.8 Å². The molecule has 1 rings (SSSR count). The molecule has 0 atom stereocenters. The minimum atomic E-state index is -0.243. The minimum absolute atomic E-state index is 0.0464. The van der Waals surface area contributed by atoms with Crippen LogP contribution in [0.1, 0.15) is 43.6 Å². The van der Waals surface area contributed by atoms with Gasteiger partial charge in [-0.2, -0.15) is 5.10 Å². The van der Waals surface area contributed by atoms with E-state index in [2.05, 4.69) is 23.7 Å². The molecule has 1 amide bonds. The molecule has 1 aromatic heterocycles. The summed E-state index contributed by atoms with van der Waals surface area (Å²) in [6.45, 7) is 9.67. The van der Waals surface area contributed by atoms with Crippen molar-refractivity contribution in [3.05, 3.63) is 17.0 Å². The van der Waals surface area contributed by atoms with Crippen molar-refractivity contribution < 1.29 is 14.3 Å². The van der Waals surface area contributed by atoms with Crippen molar-refractivity contribution in [3.63, 3.8) is 0 Å². The summed E-state index contributed by atoms with van der Waals surface area (Å²) < 4.78 is 6.59. The van der Waals surface area contributed by atoms with Gasteiger partial charge in [0.25, 0.3) is 0 Å². The SMILES string of the molecule is COC(=O)CCCN(C)C(=O)Cc1c(C)nn(CC(C)C)c1C. The fraction of sp³-hybridized carbons (Fsp3) is 0.706. The lowest BCUT2D eigenvalue weighted by Crippen LogP contribution is -2.29. The Morgan fingerprint density at radius 2 is 1.96 bits per heavy atom. The Morgan fingerprint density at radius 3 is 2.52 bits per heavy atom. The van der Waals surface area contributed by atoms with Crippen LogP contribution in [0.2, 0.25) is 0 Å². The Bertz CT molecular complexity index is 550. The van der Waals surface area contributed by atoms with Gasteiger partial charge >= 0.3 is 5.97 Å². The van der Waals surface area contributed by atoms with Crippen molar-refractivity contribution in [2.24, 2.45) is 5.92 Å². The number of hydrogen-bond donors (Lipinski definition) is 0. The number of aryl methyl sites for hydroxylation is 1. The number of rotatable bonds is 8. The lowest BCUT2D eigenvalue weighted by atomic mass is 10.1. The number of carbonyl (C=O) groups excluding carboxylic acids is 2. The minimum Gasteiger partial charge on any atom is -0.469 e. The third-order valence-corrected chi connectivity index (χ3v) is 3.93. The first-order chi connectivity index (χ1) is 10.8. The fourth-order valence-corrected chi connectivity index (χ4v) is 2.49. The highest BCUT2D eigenvalue weighted by Crippen LogP contribution is 2.16. The van der Waals surface area contributed by atoms with Gasteiger partial charge in [-0.25, -0.2) is 0 Å². The molecule has 6 heteroatoms. The predicted molar refractivity (Wildman–Crippen MR) is 89.1 cm³/mol. The van der Waals surface area contributed by atoms with Crippen molar-refractivity contribution >= 4 is 11.9 Å². The number of hydrogen-bond acceptors (Lipinski definition) is 4. The van der Waals surface area contributed by atoms with Crippen LogP contribution < -0.4 is 0 Å². The predicted octanol–water partition coefficient (Wildman–Crippen LogP) is 2.11. The van der Waals surface area contributed by atoms with Crippen LogP contribution in [0.4, 0.5) is 0 Å². The lowest BCUT2D eigenvalue weighted by Gasteiger charge is -2.17. The van der Waals surface area contributed by atoms with Crippen LogP contribution in [-0.4, -0.2) is 47.3 Å². The van der Waals surface area contributed by atoms with E-state index in [1.807, 2.05) is 18.5 Å². The molecule has 0 aliphatic carbocycles. The zero-order chi connectivity index (χ0) is 17.6. The van der Waals surface area contributed by atoms with Gasteiger partial charge in [-0.15, -0.1) is 0 Å². The Balaban J connectivity index is 2.63. The van der Waals surface area contributed by atoms with E-state index in [1.165, 1.54) is 7.11 Å². The number of esters is 1. The van der Waals surface area contributed by atoms with Crippen LogP contribution in [-0.2, 0) is 27.3 Å². The molecule has 0 N–H and O–H groups in total. The van der Waals surface area contributed by atoms with E-state index in [-0.39, 0.29) is 11.9 Å². The normalized spacial score (nSPS) is 10.9. The Labute approximate surface area is 138 Å². The summed E-state index contributed by atoms with van der Waals surface area (Å²) in [4.78, 5) is 25.1. The third kappa shape index (κ3) is 5.69. The van der Waals surface area contributed by atoms with E-state index in [4.69, 9.17) is 0 Å². The molecule has 0 aromatic carbocycles. The second kappa shape index (κ2) is 8.70. The largest absolute Gasteiger partial charge is 0.469 e. The van der Waals surface area contributed by atoms with Gasteiger partial charge in [0.15, 0.2) is 0 Å². The fourth-order valence-electron chi connectivity index (χ4n) is 2.49. The molecule has 0 bridgehead atoms. The van der Waals surface area contributed by atoms with Crippen molar-refractivity contribution in [2.45, 2.75) is 53.5 Å². The number of ether oxygens (including phenoxy) is 1. The molecule has 0 aliphatic heterocycles. The summed E-state index contributed by atoms with van der Waals surface area (Å²) >= 11 is 0. The second-order valence-electron chi connectivity index (χ2n) is 6.40. The second-order valence-corrected chi connectivity index (χ2v) is 6.40. The molecular formula is C17H29N3O3. The van der Waals surface area contributed by atoms with Crippen LogP contribution in [0.5, 0.6) is 0 Å². The first kappa shape index (κ1) is 19.2. The molecule has 0 unspecified atom stereocenters. The zero-order valence-corrected chi connectivity index (χ0v) is 15.2. The molecule has 0 spiro atoms. The van der Waals surface area contributed by atoms with E-state index in [0.29, 0.717) is 31.7 Å². The van der Waals surface area contributed by atoms with E-state index < -0.39 is 0 Å². The van der Waals surface area contributed by atoms with Gasteiger partial charge in [-0.05, 0) is 26.2 Å². The molecule has 0 aliphatic rings. The summed E-state index contributed by atoms with van der Waals surface area (Å²) in [5.74, 6) is 0.315. The van der Waals surface area contributed by atoms with E-state index in [0.717, 1.165) is 23.5 Å². The van der Waals surface area contributed by atoms with Crippen molar-refractivity contribution in [1.29, 1.82) is 0 Å². The maximum Gasteiger partial charge on any atom is 0.305 e. The van der Waals surface area contributed by atoms with Gasteiger partial charge < -0.3 is 9.64 Å². The Hall–Kier alpha value is -1.85. The van der Waals surface area contributed by atoms with Crippen LogP contribution in [0, 0.1) is 19.8 Å². The molecule has 0 saturated heterocycles. The third-order valence-electron chi connectivity index (χ3n) is 3.93. The highest BCUT2D eigenvalue weighted by molar-refractivity contribution is 5.79. The van der Waals surface area contributed by atoms with Gasteiger partial charge in [-0.1, -0.05) is 13.8 Å². The molecule has 1 aromatic rings. The topological polar surface area (TPSA) is 64.4 Å². The van der Waals surface area contributed by atoms with Gasteiger partial charge in [0.1, 0.15) is 0 Å². The summed E-state index contributed by atoms with van der Waals surface area (Å²) in [6, 6.07) is 0. The number of methoxy groups -OCH3 is 1. The monoisotopic (exact) mass is 323 g/mol. The standard InChI is InChI=1S/C17H29N3O3/c1-12(2)11-20-14(4)15(13(3)18-20)10-16(21)19(5)9-7-8-17(22)23-6/h12H,7-11H2,1-6H3. The molecule has 6 nitrogen and oxygen atoms in total. The van der Waals surface area contributed by atoms with Gasteiger partial charge in [-0.3, -0.25) is 14.3 Å². The number of aromatic nitrogens is 2. The first-order valence-electron chi connectivity index (χ1n) is 8.09. The van der Waals surface area contributed by atoms with E-state index >= 15 is 0 Å². The van der Waals surface area contributed by atoms with Gasteiger partial charge in [0.2, 0.25) is 5.91 Å². The molecular weight excluding hydrogens is 294 g/mol. The van der Waals surface area contributed by atoms with Gasteiger partial charge in [0.05, 0.1) is 19.2 Å². The number of likely N-dealkylation sites (N-methyl/N-ethyl adjacent to an activating group) is 1. The van der Waals surface area contributed by atoms with Crippen molar-refractivity contribution in [3.8, 4) is 0 Å². The Kier molecular flexibility index (Phi) is 7.26. The van der Waals surface area contributed by atoms with E-state index in [9.17, 15) is 9.59 Å². The van der Waals surface area contributed by atoms with E-state index in [1.54, 1.807) is 11.9 Å². The maximum atomic E-state index is 12.4. The van der Waals surface area contributed by atoms with Crippen LogP contribution in [0.25, 0.3) is 0 Å². The molecule has 0 radical (unpaired) electrons. The highest BCUT2D eigenvalue weighted by atomic mass is 16.5. The summed E-state index contributed by atoms with van der Waals surface area (Å²) in [7, 11) is 3.14. The van der Waals surface area contributed by atoms with Crippen LogP contribution >= 0.6 is 0 Å². The lowest BCUT2D eigenvalue weighted by molar-refractivity contribution is -0.141. The molecule has 0 fully saturated rings. The summed E-state index contributed by atoms with van der Waals surface area (Å²) in [5, 5.41) is 4.54. The number of nitrogens with zero attached hydrogens (tertiary/aromatic N) is 3. The zero-order valence-electron chi connectivity index (χ0n) is 15.2. The molecule has 0 saturated carbocycles. The summed E-state index contributed by atoms with van der Waals surface area (Å²) in [5.41, 5.74) is 2.99. The smallest absolute Gasteiger partial charge is 0.305 e. The average Bonchev–Trinajstić information content (AvgIpc) is 2.73. The quantitative estimate of drug-likeness (QED) is 0.687. The highest BCUT2D eigenvalue weighted by Gasteiger charge is 2.18. The van der Waals surface area contributed by atoms with Crippen LogP contribution in [0.3, 0.4) is 0 Å². The number of carbonyl (C=O) groups is 2. The first-order valence-corrected chi connectivity index (χ1v) is 8.09. The van der Waals surface area contributed by atoms with Crippen LogP contribution in [0.15, 0.2) is 0 Å². The molecule has 23 heavy (non-hydrogen) atoms. The molecule has 130 valence electrons. The average molecular weight is 323 g/mol. The maximum absolute atomic E-state index is 12.4. The number of amides is 1. The summed E-state index contributed by atoms with van der Waals surface area (Å²) in [6.07, 6.45) is 1.29. The van der Waals surface area contributed by atoms with Crippen molar-refractivity contribution in [2.75, 3.05) is 20.7 Å². The Morgan fingerprint density at radius 1 is 1.30 bits per heavy atom.